The molecule has 8 heteroatoms. The number of nitrogens with zero attached hydrogens (tertiary/aromatic N) is 2. The highest BCUT2D eigenvalue weighted by Gasteiger charge is 2.36. The molecule has 38 heavy (non-hydrogen) atoms. The molecular weight excluding hydrogens is 482 g/mol. The highest BCUT2D eigenvalue weighted by molar-refractivity contribution is 6.31. The lowest BCUT2D eigenvalue weighted by molar-refractivity contribution is -0.130. The number of hydrogen-bond acceptors (Lipinski definition) is 5. The number of amides is 4. The Hall–Kier alpha value is -4.59. The molecule has 1 atom stereocenters. The molecule has 3 heterocycles. The van der Waals surface area contributed by atoms with Crippen LogP contribution in [0.25, 0.3) is 17.0 Å². The van der Waals surface area contributed by atoms with Gasteiger partial charge in [-0.15, -0.1) is 0 Å². The van der Waals surface area contributed by atoms with Crippen molar-refractivity contribution in [1.29, 1.82) is 0 Å². The quantitative estimate of drug-likeness (QED) is 0.237. The van der Waals surface area contributed by atoms with Crippen LogP contribution in [-0.4, -0.2) is 33.9 Å². The number of carbonyl (C=O) groups excluding carboxylic acids is 3. The smallest absolute Gasteiger partial charge is 0.331 e. The van der Waals surface area contributed by atoms with Crippen LogP contribution in [0.2, 0.25) is 0 Å². The van der Waals surface area contributed by atoms with E-state index in [4.69, 9.17) is 9.15 Å². The van der Waals surface area contributed by atoms with Crippen LogP contribution >= 0.6 is 0 Å². The van der Waals surface area contributed by atoms with Gasteiger partial charge in [0.25, 0.3) is 11.8 Å². The average molecular weight is 512 g/mol. The van der Waals surface area contributed by atoms with E-state index >= 15 is 0 Å². The molecule has 0 radical (unpaired) electrons. The maximum atomic E-state index is 13.2. The first kappa shape index (κ1) is 25.1. The number of para-hydroxylation sites is 2. The number of aromatic nitrogens is 1. The first-order chi connectivity index (χ1) is 18.5. The summed E-state index contributed by atoms with van der Waals surface area (Å²) in [5, 5.41) is 3.14. The van der Waals surface area contributed by atoms with Crippen LogP contribution in [0.4, 0.5) is 4.79 Å². The summed E-state index contributed by atoms with van der Waals surface area (Å²) in [6, 6.07) is 18.4. The Morgan fingerprint density at radius 1 is 1.03 bits per heavy atom. The SMILES string of the molecule is CC[C@H](C)c1ccccc1OCCn1cc(/C=C2\C(=O)NC(=O)N(Cc3ccco3)C2=O)c2ccccc21. The lowest BCUT2D eigenvalue weighted by Gasteiger charge is -2.25. The standard InChI is InChI=1S/C30H29N3O5/c1-3-20(2)23-10-5-7-13-27(23)38-16-14-32-18-21(24-11-4-6-12-26(24)32)17-25-28(34)31-30(36)33(29(25)35)19-22-9-8-15-37-22/h4-13,15,17-18,20H,3,14,16,19H2,1-2H3,(H,31,34,36)/b25-17+/t20-/m0/s1. The molecule has 1 aliphatic heterocycles. The molecule has 1 saturated heterocycles. The van der Waals surface area contributed by atoms with Crippen LogP contribution in [0.5, 0.6) is 5.75 Å². The Morgan fingerprint density at radius 3 is 2.61 bits per heavy atom. The van der Waals surface area contributed by atoms with Gasteiger partial charge in [0.2, 0.25) is 0 Å². The molecule has 8 nitrogen and oxygen atoms in total. The van der Waals surface area contributed by atoms with E-state index in [0.717, 1.165) is 28.0 Å². The van der Waals surface area contributed by atoms with Gasteiger partial charge >= 0.3 is 6.03 Å². The maximum Gasteiger partial charge on any atom is 0.331 e. The molecule has 0 unspecified atom stereocenters. The van der Waals surface area contributed by atoms with Crippen LogP contribution in [0.1, 0.15) is 43.1 Å². The Balaban J connectivity index is 1.40. The summed E-state index contributed by atoms with van der Waals surface area (Å²) in [4.78, 5) is 39.1. The number of nitrogens with one attached hydrogen (secondary N) is 1. The van der Waals surface area contributed by atoms with Crippen molar-refractivity contribution in [2.24, 2.45) is 0 Å². The van der Waals surface area contributed by atoms with Gasteiger partial charge in [0, 0.05) is 22.7 Å². The van der Waals surface area contributed by atoms with Crippen molar-refractivity contribution in [3.05, 3.63) is 95.6 Å². The predicted octanol–water partition coefficient (Wildman–Crippen LogP) is 5.49. The van der Waals surface area contributed by atoms with Crippen LogP contribution in [0, 0.1) is 0 Å². The Bertz CT molecular complexity index is 1520. The summed E-state index contributed by atoms with van der Waals surface area (Å²) in [6.45, 7) is 5.30. The molecule has 0 aliphatic carbocycles. The van der Waals surface area contributed by atoms with Crippen molar-refractivity contribution in [2.75, 3.05) is 6.61 Å². The molecule has 4 amide bonds. The largest absolute Gasteiger partial charge is 0.491 e. The zero-order valence-corrected chi connectivity index (χ0v) is 21.3. The van der Waals surface area contributed by atoms with Gasteiger partial charge < -0.3 is 13.7 Å². The number of fused-ring (bicyclic) bond motifs is 1. The van der Waals surface area contributed by atoms with E-state index in [1.807, 2.05) is 53.2 Å². The summed E-state index contributed by atoms with van der Waals surface area (Å²) >= 11 is 0. The van der Waals surface area contributed by atoms with E-state index in [1.165, 1.54) is 17.9 Å². The lowest BCUT2D eigenvalue weighted by Crippen LogP contribution is -2.53. The molecule has 4 aromatic rings. The maximum absolute atomic E-state index is 13.2. The van der Waals surface area contributed by atoms with Crippen molar-refractivity contribution in [2.45, 2.75) is 39.3 Å². The zero-order chi connectivity index (χ0) is 26.6. The summed E-state index contributed by atoms with van der Waals surface area (Å²) in [7, 11) is 0. The van der Waals surface area contributed by atoms with E-state index in [1.54, 1.807) is 12.1 Å². The van der Waals surface area contributed by atoms with Gasteiger partial charge in [-0.25, -0.2) is 4.79 Å². The average Bonchev–Trinajstić information content (AvgIpc) is 3.57. The van der Waals surface area contributed by atoms with E-state index in [-0.39, 0.29) is 12.1 Å². The first-order valence-electron chi connectivity index (χ1n) is 12.7. The van der Waals surface area contributed by atoms with Gasteiger partial charge in [-0.3, -0.25) is 19.8 Å². The van der Waals surface area contributed by atoms with Gasteiger partial charge in [-0.05, 0) is 48.2 Å². The monoisotopic (exact) mass is 511 g/mol. The minimum absolute atomic E-state index is 0.0699. The summed E-state index contributed by atoms with van der Waals surface area (Å²) in [6.07, 6.45) is 5.93. The van der Waals surface area contributed by atoms with Crippen molar-refractivity contribution in [1.82, 2.24) is 14.8 Å². The minimum Gasteiger partial charge on any atom is -0.491 e. The number of furan rings is 1. The van der Waals surface area contributed by atoms with Crippen LogP contribution in [0.3, 0.4) is 0 Å². The molecule has 194 valence electrons. The van der Waals surface area contributed by atoms with Gasteiger partial charge in [0.15, 0.2) is 0 Å². The fraction of sp³-hybridized carbons (Fsp3) is 0.233. The molecule has 0 saturated carbocycles. The fourth-order valence-corrected chi connectivity index (χ4v) is 4.62. The van der Waals surface area contributed by atoms with Crippen LogP contribution in [-0.2, 0) is 22.7 Å². The highest BCUT2D eigenvalue weighted by atomic mass is 16.5. The van der Waals surface area contributed by atoms with E-state index < -0.39 is 17.8 Å². The number of hydrogen-bond donors (Lipinski definition) is 1. The summed E-state index contributed by atoms with van der Waals surface area (Å²) in [5.74, 6) is 0.324. The van der Waals surface area contributed by atoms with Crippen LogP contribution in [0.15, 0.2) is 83.1 Å². The number of ether oxygens (including phenoxy) is 1. The normalized spacial score (nSPS) is 15.8. The third-order valence-electron chi connectivity index (χ3n) is 6.85. The molecule has 0 spiro atoms. The van der Waals surface area contributed by atoms with Crippen molar-refractivity contribution in [3.63, 3.8) is 0 Å². The predicted molar refractivity (Wildman–Crippen MR) is 143 cm³/mol. The highest BCUT2D eigenvalue weighted by Crippen LogP contribution is 2.29. The third-order valence-corrected chi connectivity index (χ3v) is 6.85. The Kier molecular flexibility index (Phi) is 7.13. The molecule has 0 bridgehead atoms. The molecule has 5 rings (SSSR count). The van der Waals surface area contributed by atoms with E-state index in [0.29, 0.717) is 30.4 Å². The molecule has 2 aromatic heterocycles. The van der Waals surface area contributed by atoms with Crippen molar-refractivity contribution >= 4 is 34.8 Å². The topological polar surface area (TPSA) is 93.8 Å². The number of urea groups is 1. The molecule has 2 aromatic carbocycles. The van der Waals surface area contributed by atoms with Crippen molar-refractivity contribution in [3.8, 4) is 5.75 Å². The second-order valence-electron chi connectivity index (χ2n) is 9.28. The molecule has 1 fully saturated rings. The first-order valence-corrected chi connectivity index (χ1v) is 12.7. The number of carbonyl (C=O) groups is 3. The number of benzene rings is 2. The Labute approximate surface area is 220 Å². The Morgan fingerprint density at radius 2 is 1.82 bits per heavy atom. The number of barbiturate groups is 1. The van der Waals surface area contributed by atoms with Gasteiger partial charge in [-0.1, -0.05) is 50.2 Å². The summed E-state index contributed by atoms with van der Waals surface area (Å²) in [5.41, 5.74) is 2.72. The lowest BCUT2D eigenvalue weighted by atomic mass is 9.98. The number of imide groups is 2. The molecular formula is C30H29N3O5. The molecule has 1 N–H and O–H groups in total. The third kappa shape index (κ3) is 4.98. The van der Waals surface area contributed by atoms with Gasteiger partial charge in [-0.2, -0.15) is 0 Å². The zero-order valence-electron chi connectivity index (χ0n) is 21.3. The second-order valence-corrected chi connectivity index (χ2v) is 9.28. The fourth-order valence-electron chi connectivity index (χ4n) is 4.62. The van der Waals surface area contributed by atoms with Gasteiger partial charge in [0.1, 0.15) is 23.7 Å². The molecule has 1 aliphatic rings. The second kappa shape index (κ2) is 10.8. The van der Waals surface area contributed by atoms with E-state index in [2.05, 4.69) is 25.2 Å². The van der Waals surface area contributed by atoms with Crippen molar-refractivity contribution < 1.29 is 23.5 Å². The van der Waals surface area contributed by atoms with Gasteiger partial charge in [0.05, 0.1) is 19.4 Å². The minimum atomic E-state index is -0.772. The summed E-state index contributed by atoms with van der Waals surface area (Å²) < 4.78 is 13.5. The number of rotatable bonds is 9. The van der Waals surface area contributed by atoms with E-state index in [9.17, 15) is 14.4 Å². The van der Waals surface area contributed by atoms with Crippen LogP contribution < -0.4 is 10.1 Å².